The van der Waals surface area contributed by atoms with Gasteiger partial charge in [0, 0.05) is 12.0 Å². The SMILES string of the molecule is CC(C)(C)OP(=O)(OC(C)(C)C)C(F)(F)c1ccc(CC(C(=O)OCc2ccccc2)(c2ccccc2)n2nnc3ccccc32)cc1. The van der Waals surface area contributed by atoms with Crippen LogP contribution in [0.3, 0.4) is 0 Å². The monoisotopic (exact) mass is 675 g/mol. The lowest BCUT2D eigenvalue weighted by atomic mass is 9.83. The number of carbonyl (C=O) groups excluding carboxylic acids is 1. The van der Waals surface area contributed by atoms with E-state index >= 15 is 8.78 Å². The Balaban J connectivity index is 1.61. The number of carbonyl (C=O) groups is 1. The van der Waals surface area contributed by atoms with E-state index in [2.05, 4.69) is 10.3 Å². The van der Waals surface area contributed by atoms with Gasteiger partial charge in [-0.05, 0) is 70.4 Å². The molecule has 0 saturated heterocycles. The number of esters is 1. The van der Waals surface area contributed by atoms with Gasteiger partial charge in [-0.25, -0.2) is 9.48 Å². The van der Waals surface area contributed by atoms with Gasteiger partial charge >= 0.3 is 19.2 Å². The molecule has 5 rings (SSSR count). The second-order valence-corrected chi connectivity index (χ2v) is 15.5. The number of fused-ring (bicyclic) bond motifs is 1. The Kier molecular flexibility index (Phi) is 9.75. The zero-order chi connectivity index (χ0) is 34.8. The van der Waals surface area contributed by atoms with E-state index in [1.807, 2.05) is 54.6 Å². The van der Waals surface area contributed by atoms with Gasteiger partial charge in [0.15, 0.2) is 5.54 Å². The molecule has 0 amide bonds. The van der Waals surface area contributed by atoms with Crippen LogP contribution in [0.5, 0.6) is 0 Å². The first-order valence-electron chi connectivity index (χ1n) is 15.6. The lowest BCUT2D eigenvalue weighted by Gasteiger charge is -2.36. The van der Waals surface area contributed by atoms with Crippen molar-refractivity contribution in [3.05, 3.63) is 131 Å². The Morgan fingerprint density at radius 3 is 1.83 bits per heavy atom. The summed E-state index contributed by atoms with van der Waals surface area (Å²) in [5.41, 5.74) is -5.46. The first-order valence-corrected chi connectivity index (χ1v) is 17.1. The molecule has 0 spiro atoms. The van der Waals surface area contributed by atoms with Gasteiger partial charge in [-0.3, -0.25) is 13.6 Å². The maximum absolute atomic E-state index is 16.2. The number of halogens is 2. The standard InChI is InChI=1S/C37H40F2N3O5P/c1-34(2,3)46-48(44,47-35(4,5)6)37(38,39)30-23-21-27(22-24-30)25-36(29-17-11-8-12-18-29,33(43)45-26-28-15-9-7-10-16-28)42-32-20-14-13-19-31(32)40-41-42/h7-24H,25-26H2,1-6H3. The van der Waals surface area contributed by atoms with Crippen molar-refractivity contribution in [2.24, 2.45) is 0 Å². The number of para-hydroxylation sites is 1. The molecule has 1 heterocycles. The third kappa shape index (κ3) is 7.41. The van der Waals surface area contributed by atoms with Crippen LogP contribution < -0.4 is 0 Å². The van der Waals surface area contributed by atoms with Crippen LogP contribution in [0.15, 0.2) is 109 Å². The number of alkyl halides is 2. The number of ether oxygens (including phenoxy) is 1. The first-order chi connectivity index (χ1) is 22.5. The number of hydrogen-bond donors (Lipinski definition) is 0. The second-order valence-electron chi connectivity index (χ2n) is 13.6. The molecular weight excluding hydrogens is 635 g/mol. The molecule has 0 N–H and O–H groups in total. The zero-order valence-corrected chi connectivity index (χ0v) is 28.8. The molecule has 5 aromatic rings. The van der Waals surface area contributed by atoms with E-state index in [0.29, 0.717) is 22.2 Å². The van der Waals surface area contributed by atoms with Crippen molar-refractivity contribution in [1.82, 2.24) is 15.0 Å². The maximum Gasteiger partial charge on any atom is 0.405 e. The molecule has 0 aliphatic carbocycles. The van der Waals surface area contributed by atoms with Gasteiger partial charge in [0.25, 0.3) is 0 Å². The highest BCUT2D eigenvalue weighted by molar-refractivity contribution is 7.54. The number of nitrogens with zero attached hydrogens (tertiary/aromatic N) is 3. The van der Waals surface area contributed by atoms with E-state index in [-0.39, 0.29) is 13.0 Å². The fourth-order valence-electron chi connectivity index (χ4n) is 5.41. The van der Waals surface area contributed by atoms with Crippen molar-refractivity contribution in [3.8, 4) is 0 Å². The predicted octanol–water partition coefficient (Wildman–Crippen LogP) is 9.03. The van der Waals surface area contributed by atoms with Crippen molar-refractivity contribution in [2.45, 2.75) is 77.0 Å². The van der Waals surface area contributed by atoms with Crippen LogP contribution in [0.2, 0.25) is 0 Å². The van der Waals surface area contributed by atoms with Gasteiger partial charge in [0.05, 0.1) is 16.7 Å². The lowest BCUT2D eigenvalue weighted by molar-refractivity contribution is -0.154. The predicted molar refractivity (Wildman–Crippen MR) is 181 cm³/mol. The molecule has 0 saturated carbocycles. The molecule has 1 aromatic heterocycles. The summed E-state index contributed by atoms with van der Waals surface area (Å²) in [4.78, 5) is 14.5. The largest absolute Gasteiger partial charge is 0.459 e. The molecule has 0 aliphatic heterocycles. The minimum Gasteiger partial charge on any atom is -0.459 e. The minimum absolute atomic E-state index is 0.00286. The van der Waals surface area contributed by atoms with E-state index in [0.717, 1.165) is 5.56 Å². The average Bonchev–Trinajstić information content (AvgIpc) is 3.46. The van der Waals surface area contributed by atoms with Crippen molar-refractivity contribution in [1.29, 1.82) is 0 Å². The number of aromatic nitrogens is 3. The summed E-state index contributed by atoms with van der Waals surface area (Å²) in [6.07, 6.45) is -0.0293. The van der Waals surface area contributed by atoms with Crippen LogP contribution >= 0.6 is 7.60 Å². The van der Waals surface area contributed by atoms with E-state index < -0.39 is 41.5 Å². The third-order valence-electron chi connectivity index (χ3n) is 7.41. The molecule has 4 aromatic carbocycles. The summed E-state index contributed by atoms with van der Waals surface area (Å²) in [5, 5.41) is 8.78. The van der Waals surface area contributed by atoms with Crippen LogP contribution in [-0.2, 0) is 47.4 Å². The minimum atomic E-state index is -5.04. The van der Waals surface area contributed by atoms with Crippen LogP contribution in [0, 0.1) is 0 Å². The van der Waals surface area contributed by atoms with Crippen molar-refractivity contribution >= 4 is 24.6 Å². The Bertz CT molecular complexity index is 1880. The Morgan fingerprint density at radius 1 is 0.708 bits per heavy atom. The summed E-state index contributed by atoms with van der Waals surface area (Å²) in [6.45, 7) is 9.25. The van der Waals surface area contributed by atoms with Gasteiger partial charge in [0.1, 0.15) is 12.1 Å². The topological polar surface area (TPSA) is 92.5 Å². The fraction of sp³-hybridized carbons (Fsp3) is 0.324. The Labute approximate surface area is 279 Å². The molecule has 48 heavy (non-hydrogen) atoms. The highest BCUT2D eigenvalue weighted by Crippen LogP contribution is 2.69. The summed E-state index contributed by atoms with van der Waals surface area (Å²) >= 11 is 0. The van der Waals surface area contributed by atoms with E-state index in [9.17, 15) is 9.36 Å². The lowest BCUT2D eigenvalue weighted by Crippen LogP contribution is -2.47. The molecule has 0 aliphatic rings. The molecule has 252 valence electrons. The number of rotatable bonds is 11. The molecule has 0 radical (unpaired) electrons. The Hall–Kier alpha value is -4.24. The van der Waals surface area contributed by atoms with Crippen LogP contribution in [0.4, 0.5) is 8.78 Å². The normalized spacial score (nSPS) is 14.1. The maximum atomic E-state index is 16.2. The van der Waals surface area contributed by atoms with Crippen molar-refractivity contribution < 1.29 is 31.9 Å². The van der Waals surface area contributed by atoms with E-state index in [4.69, 9.17) is 13.8 Å². The molecule has 0 fully saturated rings. The fourth-order valence-corrected chi connectivity index (χ4v) is 7.59. The third-order valence-corrected chi connectivity index (χ3v) is 9.93. The highest BCUT2D eigenvalue weighted by atomic mass is 31.2. The quantitative estimate of drug-likeness (QED) is 0.102. The number of benzene rings is 4. The van der Waals surface area contributed by atoms with Crippen LogP contribution in [-0.4, -0.2) is 32.2 Å². The summed E-state index contributed by atoms with van der Waals surface area (Å²) in [7, 11) is -5.04. The van der Waals surface area contributed by atoms with Gasteiger partial charge in [-0.2, -0.15) is 8.78 Å². The molecule has 1 atom stereocenters. The van der Waals surface area contributed by atoms with Gasteiger partial charge in [0.2, 0.25) is 0 Å². The van der Waals surface area contributed by atoms with Gasteiger partial charge < -0.3 is 4.74 Å². The smallest absolute Gasteiger partial charge is 0.405 e. The van der Waals surface area contributed by atoms with Gasteiger partial charge in [-0.1, -0.05) is 102 Å². The second kappa shape index (κ2) is 13.3. The molecule has 8 nitrogen and oxygen atoms in total. The number of hydrogen-bond acceptors (Lipinski definition) is 7. The van der Waals surface area contributed by atoms with E-state index in [1.165, 1.54) is 28.9 Å². The zero-order valence-electron chi connectivity index (χ0n) is 27.9. The van der Waals surface area contributed by atoms with E-state index in [1.54, 1.807) is 71.9 Å². The average molecular weight is 676 g/mol. The first kappa shape index (κ1) is 35.1. The molecule has 1 unspecified atom stereocenters. The van der Waals surface area contributed by atoms with Crippen molar-refractivity contribution in [2.75, 3.05) is 0 Å². The Morgan fingerprint density at radius 2 is 1.25 bits per heavy atom. The molecule has 0 bridgehead atoms. The molecule has 11 heteroatoms. The molecular formula is C37H40F2N3O5P. The van der Waals surface area contributed by atoms with Gasteiger partial charge in [-0.15, -0.1) is 5.10 Å². The summed E-state index contributed by atoms with van der Waals surface area (Å²) in [6, 6.07) is 30.9. The van der Waals surface area contributed by atoms with Crippen molar-refractivity contribution in [3.63, 3.8) is 0 Å². The highest BCUT2D eigenvalue weighted by Gasteiger charge is 2.58. The summed E-state index contributed by atoms with van der Waals surface area (Å²) < 4.78 is 64.7. The summed E-state index contributed by atoms with van der Waals surface area (Å²) in [5.74, 6) is -0.607. The van der Waals surface area contributed by atoms with Crippen LogP contribution in [0.25, 0.3) is 11.0 Å². The van der Waals surface area contributed by atoms with Crippen LogP contribution in [0.1, 0.15) is 63.8 Å².